The molecule has 1 aliphatic rings. The number of halogens is 3. The Balaban J connectivity index is 1.69. The van der Waals surface area contributed by atoms with Crippen LogP contribution in [0, 0.1) is 13.8 Å². The van der Waals surface area contributed by atoms with Crippen molar-refractivity contribution in [2.45, 2.75) is 69.1 Å². The van der Waals surface area contributed by atoms with Gasteiger partial charge in [0, 0.05) is 17.4 Å². The number of nitrogens with one attached hydrogen (secondary N) is 1. The number of carbonyl (C=O) groups is 1. The lowest BCUT2D eigenvalue weighted by atomic mass is 10.2. The van der Waals surface area contributed by atoms with Crippen molar-refractivity contribution < 1.29 is 18.0 Å². The molecule has 1 fully saturated rings. The Kier molecular flexibility index (Phi) is 6.07. The smallest absolute Gasteiger partial charge is 0.325 e. The van der Waals surface area contributed by atoms with Gasteiger partial charge in [-0.05, 0) is 57.9 Å². The first-order chi connectivity index (χ1) is 13.2. The Hall–Kier alpha value is -1.96. The molecular weight excluding hydrogens is 387 g/mol. The molecule has 1 aliphatic carbocycles. The van der Waals surface area contributed by atoms with E-state index in [0.29, 0.717) is 11.7 Å². The zero-order valence-corrected chi connectivity index (χ0v) is 17.0. The highest BCUT2D eigenvalue weighted by Crippen LogP contribution is 2.36. The second kappa shape index (κ2) is 8.19. The summed E-state index contributed by atoms with van der Waals surface area (Å²) in [6.45, 7) is 5.80. The van der Waals surface area contributed by atoms with Gasteiger partial charge in [-0.3, -0.25) is 4.79 Å². The van der Waals surface area contributed by atoms with Crippen molar-refractivity contribution >= 4 is 23.4 Å². The lowest BCUT2D eigenvalue weighted by Gasteiger charge is -2.19. The van der Waals surface area contributed by atoms with E-state index in [9.17, 15) is 18.0 Å². The van der Waals surface area contributed by atoms with Gasteiger partial charge in [0.05, 0.1) is 16.5 Å². The van der Waals surface area contributed by atoms with Gasteiger partial charge < -0.3 is 9.88 Å². The highest BCUT2D eigenvalue weighted by Gasteiger charge is 2.30. The highest BCUT2D eigenvalue weighted by atomic mass is 32.2. The lowest BCUT2D eigenvalue weighted by molar-refractivity contribution is -0.137. The largest absolute Gasteiger partial charge is 0.416 e. The highest BCUT2D eigenvalue weighted by molar-refractivity contribution is 8.00. The SMILES string of the molecule is Cc1nc(S[C@@H](C)C(=O)Nc2ccc(C(F)(F)F)cc2)n(C2CCCC2)c1C. The van der Waals surface area contributed by atoms with Crippen LogP contribution < -0.4 is 5.32 Å². The second-order valence-electron chi connectivity index (χ2n) is 7.20. The number of aromatic nitrogens is 2. The van der Waals surface area contributed by atoms with E-state index in [-0.39, 0.29) is 5.91 Å². The molecule has 2 aromatic rings. The monoisotopic (exact) mass is 411 g/mol. The van der Waals surface area contributed by atoms with E-state index < -0.39 is 17.0 Å². The summed E-state index contributed by atoms with van der Waals surface area (Å²) in [6.07, 6.45) is 0.260. The van der Waals surface area contributed by atoms with Crippen molar-refractivity contribution in [3.05, 3.63) is 41.2 Å². The Bertz CT molecular complexity index is 840. The molecule has 1 amide bonds. The van der Waals surface area contributed by atoms with Crippen molar-refractivity contribution in [3.8, 4) is 0 Å². The molecule has 1 aromatic carbocycles. The average molecular weight is 411 g/mol. The van der Waals surface area contributed by atoms with Crippen LogP contribution in [0.2, 0.25) is 0 Å². The molecule has 1 saturated carbocycles. The molecule has 0 radical (unpaired) electrons. The minimum absolute atomic E-state index is 0.263. The molecule has 0 spiro atoms. The molecule has 0 unspecified atom stereocenters. The maximum absolute atomic E-state index is 12.7. The Labute approximate surface area is 166 Å². The summed E-state index contributed by atoms with van der Waals surface area (Å²) in [5.41, 5.74) is 1.70. The van der Waals surface area contributed by atoms with E-state index in [0.717, 1.165) is 41.5 Å². The third-order valence-electron chi connectivity index (χ3n) is 5.18. The number of rotatable bonds is 5. The maximum atomic E-state index is 12.7. The fourth-order valence-corrected chi connectivity index (χ4v) is 4.54. The van der Waals surface area contributed by atoms with Crippen LogP contribution in [0.1, 0.15) is 55.6 Å². The number of amides is 1. The molecule has 0 saturated heterocycles. The van der Waals surface area contributed by atoms with E-state index in [1.165, 1.54) is 36.7 Å². The molecule has 0 bridgehead atoms. The maximum Gasteiger partial charge on any atom is 0.416 e. The number of nitrogens with zero attached hydrogens (tertiary/aromatic N) is 2. The number of aryl methyl sites for hydroxylation is 1. The summed E-state index contributed by atoms with van der Waals surface area (Å²) < 4.78 is 40.2. The van der Waals surface area contributed by atoms with Crippen LogP contribution >= 0.6 is 11.8 Å². The molecule has 3 rings (SSSR count). The minimum atomic E-state index is -4.39. The summed E-state index contributed by atoms with van der Waals surface area (Å²) >= 11 is 1.39. The zero-order valence-electron chi connectivity index (χ0n) is 16.1. The topological polar surface area (TPSA) is 46.9 Å². The molecular formula is C20H24F3N3OS. The molecule has 8 heteroatoms. The van der Waals surface area contributed by atoms with E-state index in [2.05, 4.69) is 21.8 Å². The Morgan fingerprint density at radius 3 is 2.39 bits per heavy atom. The summed E-state index contributed by atoms with van der Waals surface area (Å²) in [4.78, 5) is 17.2. The molecule has 4 nitrogen and oxygen atoms in total. The number of carbonyl (C=O) groups excluding carboxylic acids is 1. The van der Waals surface area contributed by atoms with E-state index in [1.807, 2.05) is 6.92 Å². The van der Waals surface area contributed by atoms with E-state index in [1.54, 1.807) is 6.92 Å². The number of hydrogen-bond acceptors (Lipinski definition) is 3. The van der Waals surface area contributed by atoms with Crippen LogP contribution in [0.25, 0.3) is 0 Å². The van der Waals surface area contributed by atoms with Gasteiger partial charge in [-0.2, -0.15) is 13.2 Å². The summed E-state index contributed by atoms with van der Waals surface area (Å²) in [5.74, 6) is -0.263. The zero-order chi connectivity index (χ0) is 20.5. The normalized spacial score (nSPS) is 16.4. The van der Waals surface area contributed by atoms with Crippen molar-refractivity contribution in [2.24, 2.45) is 0 Å². The Morgan fingerprint density at radius 1 is 1.21 bits per heavy atom. The molecule has 1 atom stereocenters. The molecule has 1 N–H and O–H groups in total. The minimum Gasteiger partial charge on any atom is -0.325 e. The first-order valence-corrected chi connectivity index (χ1v) is 10.2. The third kappa shape index (κ3) is 4.54. The van der Waals surface area contributed by atoms with Gasteiger partial charge in [0.15, 0.2) is 5.16 Å². The molecule has 1 heterocycles. The number of alkyl halides is 3. The second-order valence-corrected chi connectivity index (χ2v) is 8.51. The summed E-state index contributed by atoms with van der Waals surface area (Å²) in [5, 5.41) is 3.09. The predicted molar refractivity (Wildman–Crippen MR) is 105 cm³/mol. The molecule has 152 valence electrons. The van der Waals surface area contributed by atoms with Gasteiger partial charge in [-0.1, -0.05) is 24.6 Å². The quantitative estimate of drug-likeness (QED) is 0.637. The van der Waals surface area contributed by atoms with E-state index >= 15 is 0 Å². The lowest BCUT2D eigenvalue weighted by Crippen LogP contribution is -2.23. The predicted octanol–water partition coefficient (Wildman–Crippen LogP) is 5.75. The number of hydrogen-bond donors (Lipinski definition) is 1. The van der Waals surface area contributed by atoms with Crippen molar-refractivity contribution in [1.29, 1.82) is 0 Å². The summed E-state index contributed by atoms with van der Waals surface area (Å²) in [6, 6.07) is 4.89. The standard InChI is InChI=1S/C20H24F3N3OS/c1-12-13(2)26(17-6-4-5-7-17)19(24-12)28-14(3)18(27)25-16-10-8-15(9-11-16)20(21,22)23/h8-11,14,17H,4-7H2,1-3H3,(H,25,27)/t14-/m0/s1. The van der Waals surface area contributed by atoms with Gasteiger partial charge in [0.1, 0.15) is 0 Å². The van der Waals surface area contributed by atoms with Crippen LogP contribution in [-0.4, -0.2) is 20.7 Å². The van der Waals surface area contributed by atoms with E-state index in [4.69, 9.17) is 0 Å². The fourth-order valence-electron chi connectivity index (χ4n) is 3.47. The first kappa shape index (κ1) is 20.8. The molecule has 1 aromatic heterocycles. The fraction of sp³-hybridized carbons (Fsp3) is 0.500. The first-order valence-electron chi connectivity index (χ1n) is 9.37. The number of anilines is 1. The average Bonchev–Trinajstić information content (AvgIpc) is 3.23. The van der Waals surface area contributed by atoms with Gasteiger partial charge in [-0.15, -0.1) is 0 Å². The van der Waals surface area contributed by atoms with Gasteiger partial charge in [0.25, 0.3) is 0 Å². The van der Waals surface area contributed by atoms with Crippen LogP contribution in [0.4, 0.5) is 18.9 Å². The van der Waals surface area contributed by atoms with Gasteiger partial charge >= 0.3 is 6.18 Å². The van der Waals surface area contributed by atoms with Crippen LogP contribution in [0.3, 0.4) is 0 Å². The van der Waals surface area contributed by atoms with Crippen LogP contribution in [0.15, 0.2) is 29.4 Å². The number of benzene rings is 1. The number of imidazole rings is 1. The van der Waals surface area contributed by atoms with Gasteiger partial charge in [-0.25, -0.2) is 4.98 Å². The summed E-state index contributed by atoms with van der Waals surface area (Å²) in [7, 11) is 0. The Morgan fingerprint density at radius 2 is 1.82 bits per heavy atom. The molecule has 28 heavy (non-hydrogen) atoms. The van der Waals surface area contributed by atoms with Gasteiger partial charge in [0.2, 0.25) is 5.91 Å². The molecule has 0 aliphatic heterocycles. The third-order valence-corrected chi connectivity index (χ3v) is 6.24. The van der Waals surface area contributed by atoms with Crippen LogP contribution in [0.5, 0.6) is 0 Å². The van der Waals surface area contributed by atoms with Crippen molar-refractivity contribution in [1.82, 2.24) is 9.55 Å². The van der Waals surface area contributed by atoms with Crippen molar-refractivity contribution in [3.63, 3.8) is 0 Å². The number of thioether (sulfide) groups is 1. The van der Waals surface area contributed by atoms with Crippen molar-refractivity contribution in [2.75, 3.05) is 5.32 Å². The van der Waals surface area contributed by atoms with Crippen LogP contribution in [-0.2, 0) is 11.0 Å².